The van der Waals surface area contributed by atoms with Gasteiger partial charge < -0.3 is 10.0 Å². The number of nitrogens with zero attached hydrogens (tertiary/aromatic N) is 1. The summed E-state index contributed by atoms with van der Waals surface area (Å²) < 4.78 is 0. The van der Waals surface area contributed by atoms with Crippen LogP contribution in [0.1, 0.15) is 5.56 Å². The van der Waals surface area contributed by atoms with Crippen LogP contribution in [0.3, 0.4) is 0 Å². The van der Waals surface area contributed by atoms with E-state index in [4.69, 9.17) is 5.11 Å². The summed E-state index contributed by atoms with van der Waals surface area (Å²) in [5.74, 6) is -2.28. The van der Waals surface area contributed by atoms with Gasteiger partial charge in [0.25, 0.3) is 0 Å². The number of benzene rings is 1. The van der Waals surface area contributed by atoms with Gasteiger partial charge in [-0.2, -0.15) is 0 Å². The Balaban J connectivity index is 2.44. The van der Waals surface area contributed by atoms with Gasteiger partial charge in [-0.05, 0) is 12.0 Å². The van der Waals surface area contributed by atoms with E-state index in [1.807, 2.05) is 30.3 Å². The lowest BCUT2D eigenvalue weighted by molar-refractivity contribution is -0.155. The maximum atomic E-state index is 11.0. The van der Waals surface area contributed by atoms with Gasteiger partial charge in [0.05, 0.1) is 0 Å². The standard InChI is InChI=1S/C11H13NO3/c1-12(10(13)11(14)15)8-7-9-5-3-2-4-6-9/h2-6H,7-8H2,1H3,(H,14,15). The topological polar surface area (TPSA) is 57.6 Å². The predicted molar refractivity (Wildman–Crippen MR) is 55.4 cm³/mol. The number of carbonyl (C=O) groups excluding carboxylic acids is 1. The van der Waals surface area contributed by atoms with Crippen molar-refractivity contribution in [2.24, 2.45) is 0 Å². The van der Waals surface area contributed by atoms with Gasteiger partial charge in [0.1, 0.15) is 0 Å². The molecule has 4 heteroatoms. The molecule has 0 aromatic heterocycles. The van der Waals surface area contributed by atoms with E-state index in [1.54, 1.807) is 0 Å². The minimum Gasteiger partial charge on any atom is -0.474 e. The van der Waals surface area contributed by atoms with Crippen LogP contribution in [0, 0.1) is 0 Å². The lowest BCUT2D eigenvalue weighted by Crippen LogP contribution is -2.34. The first-order valence-corrected chi connectivity index (χ1v) is 4.63. The second-order valence-corrected chi connectivity index (χ2v) is 3.27. The van der Waals surface area contributed by atoms with E-state index >= 15 is 0 Å². The molecule has 0 heterocycles. The molecule has 0 fully saturated rings. The van der Waals surface area contributed by atoms with Crippen molar-refractivity contribution >= 4 is 11.9 Å². The highest BCUT2D eigenvalue weighted by molar-refractivity contribution is 6.31. The first kappa shape index (κ1) is 11.2. The molecule has 0 radical (unpaired) electrons. The zero-order valence-electron chi connectivity index (χ0n) is 8.51. The Labute approximate surface area is 88.1 Å². The summed E-state index contributed by atoms with van der Waals surface area (Å²) in [5.41, 5.74) is 1.09. The number of aliphatic carboxylic acids is 1. The van der Waals surface area contributed by atoms with Crippen molar-refractivity contribution < 1.29 is 14.7 Å². The van der Waals surface area contributed by atoms with E-state index in [-0.39, 0.29) is 0 Å². The number of amides is 1. The van der Waals surface area contributed by atoms with Gasteiger partial charge >= 0.3 is 11.9 Å². The van der Waals surface area contributed by atoms with Gasteiger partial charge in [0, 0.05) is 13.6 Å². The van der Waals surface area contributed by atoms with Gasteiger partial charge in [0.15, 0.2) is 0 Å². The molecular weight excluding hydrogens is 194 g/mol. The Hall–Kier alpha value is -1.84. The maximum Gasteiger partial charge on any atom is 0.394 e. The minimum absolute atomic E-state index is 0.412. The van der Waals surface area contributed by atoms with Crippen molar-refractivity contribution in [3.63, 3.8) is 0 Å². The highest BCUT2D eigenvalue weighted by Gasteiger charge is 2.16. The molecule has 0 aliphatic rings. The zero-order valence-corrected chi connectivity index (χ0v) is 8.51. The monoisotopic (exact) mass is 207 g/mol. The summed E-state index contributed by atoms with van der Waals surface area (Å²) in [4.78, 5) is 22.6. The highest BCUT2D eigenvalue weighted by atomic mass is 16.4. The third-order valence-electron chi connectivity index (χ3n) is 2.11. The van der Waals surface area contributed by atoms with Gasteiger partial charge in [-0.25, -0.2) is 4.79 Å². The fraction of sp³-hybridized carbons (Fsp3) is 0.273. The molecule has 0 aliphatic heterocycles. The van der Waals surface area contributed by atoms with E-state index in [2.05, 4.69) is 0 Å². The van der Waals surface area contributed by atoms with Crippen molar-refractivity contribution in [3.05, 3.63) is 35.9 Å². The number of carboxylic acid groups (broad SMARTS) is 1. The maximum absolute atomic E-state index is 11.0. The normalized spacial score (nSPS) is 9.67. The van der Waals surface area contributed by atoms with E-state index in [0.29, 0.717) is 13.0 Å². The number of likely N-dealkylation sites (N-methyl/N-ethyl adjacent to an activating group) is 1. The van der Waals surface area contributed by atoms with Crippen LogP contribution in [0.2, 0.25) is 0 Å². The summed E-state index contributed by atoms with van der Waals surface area (Å²) in [6, 6.07) is 9.62. The molecule has 0 spiro atoms. The number of carboxylic acids is 1. The average molecular weight is 207 g/mol. The summed E-state index contributed by atoms with van der Waals surface area (Å²) in [6.45, 7) is 0.412. The lowest BCUT2D eigenvalue weighted by Gasteiger charge is -2.13. The summed E-state index contributed by atoms with van der Waals surface area (Å²) in [7, 11) is 1.49. The SMILES string of the molecule is CN(CCc1ccccc1)C(=O)C(=O)O. The van der Waals surface area contributed by atoms with Crippen LogP contribution < -0.4 is 0 Å². The first-order valence-electron chi connectivity index (χ1n) is 4.63. The number of hydrogen-bond acceptors (Lipinski definition) is 2. The Kier molecular flexibility index (Phi) is 3.85. The van der Waals surface area contributed by atoms with Crippen LogP contribution in [0.15, 0.2) is 30.3 Å². The van der Waals surface area contributed by atoms with Crippen LogP contribution in [0.4, 0.5) is 0 Å². The van der Waals surface area contributed by atoms with Crippen molar-refractivity contribution in [3.8, 4) is 0 Å². The third kappa shape index (κ3) is 3.42. The quantitative estimate of drug-likeness (QED) is 0.745. The van der Waals surface area contributed by atoms with Gasteiger partial charge in [-0.3, -0.25) is 4.79 Å². The molecular formula is C11H13NO3. The smallest absolute Gasteiger partial charge is 0.394 e. The molecule has 4 nitrogen and oxygen atoms in total. The highest BCUT2D eigenvalue weighted by Crippen LogP contribution is 2.00. The Bertz CT molecular complexity index is 348. The number of rotatable bonds is 3. The number of hydrogen-bond donors (Lipinski definition) is 1. The summed E-state index contributed by atoms with van der Waals surface area (Å²) >= 11 is 0. The Morgan fingerprint density at radius 2 is 1.87 bits per heavy atom. The van der Waals surface area contributed by atoms with Crippen molar-refractivity contribution in [2.45, 2.75) is 6.42 Å². The second-order valence-electron chi connectivity index (χ2n) is 3.27. The molecule has 1 amide bonds. The molecule has 0 atom stereocenters. The zero-order chi connectivity index (χ0) is 11.3. The van der Waals surface area contributed by atoms with Crippen molar-refractivity contribution in [1.82, 2.24) is 4.90 Å². The Morgan fingerprint density at radius 3 is 2.40 bits per heavy atom. The van der Waals surface area contributed by atoms with Gasteiger partial charge in [-0.15, -0.1) is 0 Å². The first-order chi connectivity index (χ1) is 7.11. The Morgan fingerprint density at radius 1 is 1.27 bits per heavy atom. The second kappa shape index (κ2) is 5.14. The molecule has 15 heavy (non-hydrogen) atoms. The largest absolute Gasteiger partial charge is 0.474 e. The van der Waals surface area contributed by atoms with Gasteiger partial charge in [0.2, 0.25) is 0 Å². The van der Waals surface area contributed by atoms with Crippen molar-refractivity contribution in [1.29, 1.82) is 0 Å². The number of carbonyl (C=O) groups is 2. The van der Waals surface area contributed by atoms with Crippen LogP contribution in [-0.2, 0) is 16.0 Å². The summed E-state index contributed by atoms with van der Waals surface area (Å²) in [6.07, 6.45) is 0.663. The van der Waals surface area contributed by atoms with E-state index in [1.165, 1.54) is 11.9 Å². The summed E-state index contributed by atoms with van der Waals surface area (Å²) in [5, 5.41) is 8.46. The lowest BCUT2D eigenvalue weighted by atomic mass is 10.1. The molecule has 0 saturated carbocycles. The molecule has 0 aliphatic carbocycles. The third-order valence-corrected chi connectivity index (χ3v) is 2.11. The van der Waals surface area contributed by atoms with Crippen LogP contribution in [0.5, 0.6) is 0 Å². The van der Waals surface area contributed by atoms with Crippen molar-refractivity contribution in [2.75, 3.05) is 13.6 Å². The molecule has 1 aromatic carbocycles. The molecule has 80 valence electrons. The molecule has 0 unspecified atom stereocenters. The fourth-order valence-electron chi connectivity index (χ4n) is 1.21. The fourth-order valence-corrected chi connectivity index (χ4v) is 1.21. The van der Waals surface area contributed by atoms with Crippen LogP contribution >= 0.6 is 0 Å². The van der Waals surface area contributed by atoms with Gasteiger partial charge in [-0.1, -0.05) is 30.3 Å². The van der Waals surface area contributed by atoms with E-state index < -0.39 is 11.9 Å². The molecule has 1 N–H and O–H groups in total. The molecule has 0 bridgehead atoms. The average Bonchev–Trinajstić information content (AvgIpc) is 2.26. The van der Waals surface area contributed by atoms with Crippen LogP contribution in [0.25, 0.3) is 0 Å². The molecule has 1 aromatic rings. The van der Waals surface area contributed by atoms with E-state index in [0.717, 1.165) is 5.56 Å². The van der Waals surface area contributed by atoms with Crippen LogP contribution in [-0.4, -0.2) is 35.5 Å². The van der Waals surface area contributed by atoms with E-state index in [9.17, 15) is 9.59 Å². The molecule has 0 saturated heterocycles. The predicted octanol–water partition coefficient (Wildman–Crippen LogP) is 0.772. The minimum atomic E-state index is -1.41. The molecule has 1 rings (SSSR count).